The summed E-state index contributed by atoms with van der Waals surface area (Å²) < 4.78 is 5.55. The maximum Gasteiger partial charge on any atom is 0.289 e. The molecule has 0 aromatic heterocycles. The first-order valence-electron chi connectivity index (χ1n) is 3.61. The van der Waals surface area contributed by atoms with Gasteiger partial charge in [-0.05, 0) is 12.1 Å². The molecule has 0 aliphatic carbocycles. The molecule has 0 atom stereocenters. The summed E-state index contributed by atoms with van der Waals surface area (Å²) in [6, 6.07) is 8.94. The molecule has 1 amide bonds. The van der Waals surface area contributed by atoms with Gasteiger partial charge in [-0.15, -0.1) is 0 Å². The number of carbonyl (C=O) groups excluding carboxylic acids is 1. The Balaban J connectivity index is 2.40. The topological polar surface area (TPSA) is 55.6 Å². The van der Waals surface area contributed by atoms with E-state index in [1.165, 1.54) is 0 Å². The van der Waals surface area contributed by atoms with Gasteiger partial charge in [0.05, 0.1) is 0 Å². The number of amides is 1. The van der Waals surface area contributed by atoms with Gasteiger partial charge in [0.15, 0.2) is 6.61 Å². The number of halogens is 1. The van der Waals surface area contributed by atoms with E-state index < -0.39 is 5.91 Å². The van der Waals surface area contributed by atoms with Crippen LogP contribution < -0.4 is 10.6 Å². The Hall–Kier alpha value is -1.26. The molecule has 0 heterocycles. The molecule has 13 heavy (non-hydrogen) atoms. The molecule has 0 unspecified atom stereocenters. The number of benzene rings is 1. The smallest absolute Gasteiger partial charge is 0.289 e. The lowest BCUT2D eigenvalue weighted by Crippen LogP contribution is -2.32. The van der Waals surface area contributed by atoms with Crippen LogP contribution in [0.1, 0.15) is 0 Å². The van der Waals surface area contributed by atoms with Crippen LogP contribution in [-0.4, -0.2) is 17.0 Å². The van der Waals surface area contributed by atoms with Gasteiger partial charge in [-0.3, -0.25) is 4.79 Å². The molecule has 0 bridgehead atoms. The number of hydrogen-bond donors (Lipinski definition) is 1. The fraction of sp³-hybridized carbons (Fsp3) is 0.125. The molecule has 70 valence electrons. The van der Waals surface area contributed by atoms with Gasteiger partial charge in [-0.25, -0.2) is 5.84 Å². The summed E-state index contributed by atoms with van der Waals surface area (Å²) in [5.74, 6) is 5.08. The molecule has 2 N–H and O–H groups in total. The van der Waals surface area contributed by atoms with Gasteiger partial charge in [0.25, 0.3) is 5.91 Å². The minimum Gasteiger partial charge on any atom is -0.484 e. The molecule has 0 saturated heterocycles. The standard InChI is InChI=1S/C8H9ClN2O2/c9-11(10)8(12)6-13-7-4-2-1-3-5-7/h1-5H,6,10H2. The molecule has 1 aromatic carbocycles. The highest BCUT2D eigenvalue weighted by atomic mass is 35.5. The van der Waals surface area contributed by atoms with Crippen LogP contribution in [0.2, 0.25) is 0 Å². The van der Waals surface area contributed by atoms with Crippen LogP contribution in [-0.2, 0) is 4.79 Å². The van der Waals surface area contributed by atoms with Crippen LogP contribution in [0.25, 0.3) is 0 Å². The largest absolute Gasteiger partial charge is 0.484 e. The van der Waals surface area contributed by atoms with E-state index in [-0.39, 0.29) is 6.61 Å². The summed E-state index contributed by atoms with van der Waals surface area (Å²) in [5.41, 5.74) is 0. The van der Waals surface area contributed by atoms with Crippen LogP contribution >= 0.6 is 11.8 Å². The van der Waals surface area contributed by atoms with Crippen LogP contribution in [0.15, 0.2) is 30.3 Å². The molecule has 0 fully saturated rings. The summed E-state index contributed by atoms with van der Waals surface area (Å²) in [6.07, 6.45) is 0. The van der Waals surface area contributed by atoms with E-state index in [2.05, 4.69) is 0 Å². The predicted molar refractivity (Wildman–Crippen MR) is 48.8 cm³/mol. The molecule has 0 aliphatic heterocycles. The Morgan fingerprint density at radius 3 is 2.62 bits per heavy atom. The van der Waals surface area contributed by atoms with Gasteiger partial charge in [0.1, 0.15) is 5.75 Å². The first kappa shape index (κ1) is 9.83. The van der Waals surface area contributed by atoms with Crippen molar-refractivity contribution in [2.75, 3.05) is 6.61 Å². The van der Waals surface area contributed by atoms with Gasteiger partial charge in [-0.2, -0.15) is 4.53 Å². The fourth-order valence-corrected chi connectivity index (χ4v) is 0.772. The summed E-state index contributed by atoms with van der Waals surface area (Å²) in [4.78, 5) is 10.9. The molecule has 1 rings (SSSR count). The second-order valence-electron chi connectivity index (χ2n) is 2.31. The van der Waals surface area contributed by atoms with Crippen LogP contribution in [0.5, 0.6) is 5.75 Å². The number of hydrazine groups is 1. The van der Waals surface area contributed by atoms with Crippen LogP contribution in [0.4, 0.5) is 0 Å². The predicted octanol–water partition coefficient (Wildman–Crippen LogP) is 0.922. The van der Waals surface area contributed by atoms with E-state index in [0.29, 0.717) is 10.3 Å². The van der Waals surface area contributed by atoms with Crippen LogP contribution in [0.3, 0.4) is 0 Å². The number of carbonyl (C=O) groups is 1. The van der Waals surface area contributed by atoms with E-state index in [4.69, 9.17) is 22.4 Å². The molecule has 0 radical (unpaired) electrons. The maximum absolute atomic E-state index is 10.9. The van der Waals surface area contributed by atoms with Crippen molar-refractivity contribution in [3.05, 3.63) is 30.3 Å². The van der Waals surface area contributed by atoms with Crippen molar-refractivity contribution >= 4 is 17.7 Å². The van der Waals surface area contributed by atoms with Crippen molar-refractivity contribution < 1.29 is 9.53 Å². The second-order valence-corrected chi connectivity index (χ2v) is 2.67. The zero-order valence-corrected chi connectivity index (χ0v) is 7.57. The van der Waals surface area contributed by atoms with E-state index in [9.17, 15) is 4.79 Å². The first-order valence-corrected chi connectivity index (χ1v) is 3.95. The van der Waals surface area contributed by atoms with Gasteiger partial charge in [0, 0.05) is 11.8 Å². The monoisotopic (exact) mass is 200 g/mol. The second kappa shape index (κ2) is 4.69. The van der Waals surface area contributed by atoms with Gasteiger partial charge in [0.2, 0.25) is 0 Å². The average molecular weight is 201 g/mol. The third kappa shape index (κ3) is 3.31. The summed E-state index contributed by atoms with van der Waals surface area (Å²) in [5, 5.41) is 0. The molecular weight excluding hydrogens is 192 g/mol. The van der Waals surface area contributed by atoms with E-state index in [1.54, 1.807) is 24.3 Å². The Kier molecular flexibility index (Phi) is 3.54. The van der Waals surface area contributed by atoms with Gasteiger partial charge >= 0.3 is 0 Å². The lowest BCUT2D eigenvalue weighted by Gasteiger charge is -2.07. The van der Waals surface area contributed by atoms with E-state index >= 15 is 0 Å². The Morgan fingerprint density at radius 2 is 2.08 bits per heavy atom. The highest BCUT2D eigenvalue weighted by Gasteiger charge is 2.06. The molecule has 4 nitrogen and oxygen atoms in total. The van der Waals surface area contributed by atoms with Crippen molar-refractivity contribution in [3.63, 3.8) is 0 Å². The van der Waals surface area contributed by atoms with Crippen molar-refractivity contribution in [2.24, 2.45) is 5.84 Å². The quantitative estimate of drug-likeness (QED) is 0.342. The number of para-hydroxylation sites is 1. The van der Waals surface area contributed by atoms with E-state index in [0.717, 1.165) is 0 Å². The zero-order valence-electron chi connectivity index (χ0n) is 6.81. The number of nitrogens with two attached hydrogens (primary N) is 1. The highest BCUT2D eigenvalue weighted by molar-refractivity contribution is 6.20. The maximum atomic E-state index is 10.9. The third-order valence-electron chi connectivity index (χ3n) is 1.34. The summed E-state index contributed by atoms with van der Waals surface area (Å²) in [7, 11) is 0. The van der Waals surface area contributed by atoms with Crippen LogP contribution in [0, 0.1) is 0 Å². The lowest BCUT2D eigenvalue weighted by atomic mass is 10.3. The van der Waals surface area contributed by atoms with Crippen molar-refractivity contribution in [1.29, 1.82) is 0 Å². The normalized spacial score (nSPS) is 9.38. The van der Waals surface area contributed by atoms with Crippen molar-refractivity contribution in [1.82, 2.24) is 4.53 Å². The third-order valence-corrected chi connectivity index (χ3v) is 1.53. The molecule has 1 aromatic rings. The Morgan fingerprint density at radius 1 is 1.46 bits per heavy atom. The summed E-state index contributed by atoms with van der Waals surface area (Å²) in [6.45, 7) is -0.163. The Bertz CT molecular complexity index is 277. The lowest BCUT2D eigenvalue weighted by molar-refractivity contribution is -0.128. The van der Waals surface area contributed by atoms with Gasteiger partial charge in [-0.1, -0.05) is 18.2 Å². The first-order chi connectivity index (χ1) is 6.20. The number of rotatable bonds is 3. The average Bonchev–Trinajstić information content (AvgIpc) is 2.15. The van der Waals surface area contributed by atoms with Crippen molar-refractivity contribution in [2.45, 2.75) is 0 Å². The van der Waals surface area contributed by atoms with Gasteiger partial charge < -0.3 is 4.74 Å². The number of hydrogen-bond acceptors (Lipinski definition) is 3. The Labute approximate surface area is 80.9 Å². The summed E-state index contributed by atoms with van der Waals surface area (Å²) >= 11 is 5.18. The number of nitrogens with zero attached hydrogens (tertiary/aromatic N) is 1. The minimum atomic E-state index is -0.495. The molecule has 0 spiro atoms. The van der Waals surface area contributed by atoms with E-state index in [1.807, 2.05) is 6.07 Å². The molecule has 5 heteroatoms. The van der Waals surface area contributed by atoms with Crippen molar-refractivity contribution in [3.8, 4) is 5.75 Å². The minimum absolute atomic E-state index is 0.163. The highest BCUT2D eigenvalue weighted by Crippen LogP contribution is 2.07. The molecule has 0 aliphatic rings. The molecular formula is C8H9ClN2O2. The number of ether oxygens (including phenoxy) is 1. The zero-order chi connectivity index (χ0) is 9.68. The SMILES string of the molecule is NN(Cl)C(=O)COc1ccccc1. The molecule has 0 saturated carbocycles. The fourth-order valence-electron chi connectivity index (χ4n) is 0.723.